The molecule has 3 unspecified atom stereocenters. The van der Waals surface area contributed by atoms with Gasteiger partial charge >= 0.3 is 0 Å². The molecule has 2 heteroatoms. The third-order valence-electron chi connectivity index (χ3n) is 4.52. The Labute approximate surface area is 110 Å². The molecule has 0 saturated heterocycles. The van der Waals surface area contributed by atoms with Crippen molar-refractivity contribution in [3.63, 3.8) is 0 Å². The average molecular weight is 244 g/mol. The van der Waals surface area contributed by atoms with Crippen LogP contribution in [-0.2, 0) is 6.42 Å². The lowest BCUT2D eigenvalue weighted by Gasteiger charge is -2.34. The van der Waals surface area contributed by atoms with Crippen LogP contribution in [0.4, 0.5) is 0 Å². The summed E-state index contributed by atoms with van der Waals surface area (Å²) in [5, 5.41) is 3.86. The van der Waals surface area contributed by atoms with Crippen LogP contribution in [0.25, 0.3) is 0 Å². The second kappa shape index (κ2) is 5.41. The van der Waals surface area contributed by atoms with E-state index in [1.54, 1.807) is 5.56 Å². The van der Waals surface area contributed by atoms with E-state index in [0.717, 1.165) is 6.42 Å². The van der Waals surface area contributed by atoms with E-state index in [9.17, 15) is 0 Å². The number of benzene rings is 1. The number of fused-ring (bicyclic) bond motifs is 1. The molecule has 0 bridgehead atoms. The van der Waals surface area contributed by atoms with Gasteiger partial charge in [-0.1, -0.05) is 30.7 Å². The zero-order valence-corrected chi connectivity index (χ0v) is 11.1. The topological polar surface area (TPSA) is 38.0 Å². The molecule has 3 N–H and O–H groups in total. The van der Waals surface area contributed by atoms with Crippen molar-refractivity contribution >= 4 is 0 Å². The van der Waals surface area contributed by atoms with E-state index in [-0.39, 0.29) is 0 Å². The van der Waals surface area contributed by atoms with Gasteiger partial charge in [-0.25, -0.2) is 0 Å². The largest absolute Gasteiger partial charge is 0.328 e. The molecule has 98 valence electrons. The third kappa shape index (κ3) is 2.60. The van der Waals surface area contributed by atoms with Gasteiger partial charge in [-0.05, 0) is 49.7 Å². The molecule has 2 nitrogen and oxygen atoms in total. The van der Waals surface area contributed by atoms with Gasteiger partial charge < -0.3 is 11.1 Å². The van der Waals surface area contributed by atoms with Crippen molar-refractivity contribution in [2.24, 2.45) is 5.73 Å². The summed E-state index contributed by atoms with van der Waals surface area (Å²) in [6.45, 7) is 0. The number of aryl methyl sites for hydroxylation is 1. The SMILES string of the molecule is NC1CCCC(NC2CCCc3ccccc32)C1. The van der Waals surface area contributed by atoms with Crippen molar-refractivity contribution in [3.8, 4) is 0 Å². The maximum absolute atomic E-state index is 6.08. The van der Waals surface area contributed by atoms with E-state index >= 15 is 0 Å². The molecule has 0 heterocycles. The minimum Gasteiger partial charge on any atom is -0.328 e. The van der Waals surface area contributed by atoms with Crippen LogP contribution in [0.5, 0.6) is 0 Å². The highest BCUT2D eigenvalue weighted by molar-refractivity contribution is 5.32. The maximum Gasteiger partial charge on any atom is 0.0325 e. The highest BCUT2D eigenvalue weighted by atomic mass is 15.0. The molecular formula is C16H24N2. The third-order valence-corrected chi connectivity index (χ3v) is 4.52. The maximum atomic E-state index is 6.08. The molecule has 1 fully saturated rings. The van der Waals surface area contributed by atoms with E-state index < -0.39 is 0 Å². The Bertz CT molecular complexity index is 402. The molecule has 0 spiro atoms. The molecule has 1 saturated carbocycles. The summed E-state index contributed by atoms with van der Waals surface area (Å²) in [5.41, 5.74) is 9.16. The fourth-order valence-corrected chi connectivity index (χ4v) is 3.59. The second-order valence-electron chi connectivity index (χ2n) is 5.93. The summed E-state index contributed by atoms with van der Waals surface area (Å²) in [6.07, 6.45) is 8.78. The van der Waals surface area contributed by atoms with Gasteiger partial charge in [0.15, 0.2) is 0 Å². The lowest BCUT2D eigenvalue weighted by Crippen LogP contribution is -2.41. The van der Waals surface area contributed by atoms with Crippen molar-refractivity contribution in [1.82, 2.24) is 5.32 Å². The highest BCUT2D eigenvalue weighted by Crippen LogP contribution is 2.31. The number of rotatable bonds is 2. The first-order chi connectivity index (χ1) is 8.83. The summed E-state index contributed by atoms with van der Waals surface area (Å²) >= 11 is 0. The normalized spacial score (nSPS) is 31.9. The van der Waals surface area contributed by atoms with E-state index in [2.05, 4.69) is 29.6 Å². The Morgan fingerprint density at radius 1 is 1.06 bits per heavy atom. The molecule has 18 heavy (non-hydrogen) atoms. The van der Waals surface area contributed by atoms with Crippen molar-refractivity contribution in [2.75, 3.05) is 0 Å². The minimum atomic E-state index is 0.412. The number of hydrogen-bond donors (Lipinski definition) is 2. The second-order valence-corrected chi connectivity index (χ2v) is 5.93. The molecule has 3 atom stereocenters. The molecular weight excluding hydrogens is 220 g/mol. The van der Waals surface area contributed by atoms with Gasteiger partial charge in [0.2, 0.25) is 0 Å². The van der Waals surface area contributed by atoms with E-state index in [1.165, 1.54) is 44.1 Å². The minimum absolute atomic E-state index is 0.412. The fraction of sp³-hybridized carbons (Fsp3) is 0.625. The number of nitrogens with one attached hydrogen (secondary N) is 1. The lowest BCUT2D eigenvalue weighted by molar-refractivity contribution is 0.299. The Morgan fingerprint density at radius 3 is 2.83 bits per heavy atom. The van der Waals surface area contributed by atoms with Gasteiger partial charge in [0.1, 0.15) is 0 Å². The zero-order valence-electron chi connectivity index (χ0n) is 11.1. The van der Waals surface area contributed by atoms with E-state index in [1.807, 2.05) is 0 Å². The molecule has 0 aliphatic heterocycles. The van der Waals surface area contributed by atoms with Crippen LogP contribution in [0.15, 0.2) is 24.3 Å². The van der Waals surface area contributed by atoms with E-state index in [4.69, 9.17) is 5.73 Å². The van der Waals surface area contributed by atoms with Crippen LogP contribution in [0.2, 0.25) is 0 Å². The van der Waals surface area contributed by atoms with Gasteiger partial charge in [-0.3, -0.25) is 0 Å². The summed E-state index contributed by atoms with van der Waals surface area (Å²) in [6, 6.07) is 10.5. The van der Waals surface area contributed by atoms with Gasteiger partial charge in [0, 0.05) is 18.1 Å². The van der Waals surface area contributed by atoms with Crippen molar-refractivity contribution < 1.29 is 0 Å². The first-order valence-electron chi connectivity index (χ1n) is 7.42. The standard InChI is InChI=1S/C16H24N2/c17-13-7-4-8-14(11-13)18-16-10-3-6-12-5-1-2-9-15(12)16/h1-2,5,9,13-14,16,18H,3-4,6-8,10-11,17H2. The van der Waals surface area contributed by atoms with Crippen LogP contribution < -0.4 is 11.1 Å². The lowest BCUT2D eigenvalue weighted by atomic mass is 9.85. The van der Waals surface area contributed by atoms with Gasteiger partial charge in [0.25, 0.3) is 0 Å². The van der Waals surface area contributed by atoms with Crippen LogP contribution in [-0.4, -0.2) is 12.1 Å². The predicted octanol–water partition coefficient (Wildman–Crippen LogP) is 2.92. The Kier molecular flexibility index (Phi) is 3.67. The summed E-state index contributed by atoms with van der Waals surface area (Å²) in [4.78, 5) is 0. The van der Waals surface area contributed by atoms with Crippen LogP contribution >= 0.6 is 0 Å². The molecule has 1 aromatic rings. The van der Waals surface area contributed by atoms with Gasteiger partial charge in [-0.2, -0.15) is 0 Å². The Hall–Kier alpha value is -0.860. The number of nitrogens with two attached hydrogens (primary N) is 1. The Balaban J connectivity index is 1.70. The van der Waals surface area contributed by atoms with Gasteiger partial charge in [0.05, 0.1) is 0 Å². The predicted molar refractivity (Wildman–Crippen MR) is 75.5 cm³/mol. The molecule has 0 amide bonds. The molecule has 2 aliphatic carbocycles. The molecule has 0 aromatic heterocycles. The quantitative estimate of drug-likeness (QED) is 0.839. The highest BCUT2D eigenvalue weighted by Gasteiger charge is 2.25. The fourth-order valence-electron chi connectivity index (χ4n) is 3.59. The number of hydrogen-bond acceptors (Lipinski definition) is 2. The van der Waals surface area contributed by atoms with Crippen molar-refractivity contribution in [1.29, 1.82) is 0 Å². The zero-order chi connectivity index (χ0) is 12.4. The van der Waals surface area contributed by atoms with Crippen molar-refractivity contribution in [2.45, 2.75) is 63.1 Å². The summed E-state index contributed by atoms with van der Waals surface area (Å²) < 4.78 is 0. The smallest absolute Gasteiger partial charge is 0.0325 e. The molecule has 0 radical (unpaired) electrons. The molecule has 2 aliphatic rings. The first-order valence-corrected chi connectivity index (χ1v) is 7.42. The van der Waals surface area contributed by atoms with Crippen LogP contribution in [0.3, 0.4) is 0 Å². The molecule has 1 aromatic carbocycles. The summed E-state index contributed by atoms with van der Waals surface area (Å²) in [5.74, 6) is 0. The molecule has 3 rings (SSSR count). The Morgan fingerprint density at radius 2 is 1.94 bits per heavy atom. The summed E-state index contributed by atoms with van der Waals surface area (Å²) in [7, 11) is 0. The van der Waals surface area contributed by atoms with Gasteiger partial charge in [-0.15, -0.1) is 0 Å². The monoisotopic (exact) mass is 244 g/mol. The first kappa shape index (κ1) is 12.2. The van der Waals surface area contributed by atoms with Crippen LogP contribution in [0, 0.1) is 0 Å². The van der Waals surface area contributed by atoms with Crippen molar-refractivity contribution in [3.05, 3.63) is 35.4 Å². The average Bonchev–Trinajstić information content (AvgIpc) is 2.39. The van der Waals surface area contributed by atoms with E-state index in [0.29, 0.717) is 18.1 Å². The van der Waals surface area contributed by atoms with Crippen LogP contribution in [0.1, 0.15) is 55.7 Å².